The zero-order chi connectivity index (χ0) is 11.2. The number of rotatable bonds is 3. The van der Waals surface area contributed by atoms with Crippen molar-refractivity contribution in [1.29, 1.82) is 0 Å². The molecule has 0 aliphatic carbocycles. The summed E-state index contributed by atoms with van der Waals surface area (Å²) in [4.78, 5) is 0. The van der Waals surface area contributed by atoms with Gasteiger partial charge in [-0.3, -0.25) is 0 Å². The van der Waals surface area contributed by atoms with Gasteiger partial charge in [0.1, 0.15) is 0 Å². The molecule has 1 rings (SSSR count). The summed E-state index contributed by atoms with van der Waals surface area (Å²) in [6.45, 7) is 5.06. The predicted octanol–water partition coefficient (Wildman–Crippen LogP) is 2.08. The third-order valence-corrected chi connectivity index (χ3v) is 1.51. The van der Waals surface area contributed by atoms with Gasteiger partial charge in [-0.15, -0.1) is 0 Å². The van der Waals surface area contributed by atoms with Gasteiger partial charge in [0.25, 0.3) is 0 Å². The molecule has 0 heterocycles. The number of likely N-dealkylation sites (N-methyl/N-ethyl adjacent to an activating group) is 1. The van der Waals surface area contributed by atoms with Crippen molar-refractivity contribution in [1.82, 2.24) is 5.32 Å². The smallest absolute Gasteiger partial charge is 0.0319 e. The van der Waals surface area contributed by atoms with E-state index in [9.17, 15) is 0 Å². The van der Waals surface area contributed by atoms with E-state index in [0.717, 1.165) is 20.1 Å². The molecule has 2 heteroatoms. The summed E-state index contributed by atoms with van der Waals surface area (Å²) in [7, 11) is 2.98. The van der Waals surface area contributed by atoms with Gasteiger partial charge in [0.2, 0.25) is 0 Å². The molecule has 1 aromatic carbocycles. The van der Waals surface area contributed by atoms with Crippen LogP contribution in [0.3, 0.4) is 0 Å². The van der Waals surface area contributed by atoms with E-state index in [1.54, 1.807) is 0 Å². The van der Waals surface area contributed by atoms with Crippen LogP contribution >= 0.6 is 0 Å². The van der Waals surface area contributed by atoms with E-state index in [2.05, 4.69) is 29.6 Å². The molecule has 0 radical (unpaired) electrons. The van der Waals surface area contributed by atoms with Gasteiger partial charge in [0.05, 0.1) is 0 Å². The van der Waals surface area contributed by atoms with E-state index in [1.165, 1.54) is 5.56 Å². The Morgan fingerprint density at radius 2 is 1.57 bits per heavy atom. The minimum absolute atomic E-state index is 1.00. The molecule has 0 bridgehead atoms. The maximum atomic E-state index is 7.00. The van der Waals surface area contributed by atoms with E-state index >= 15 is 0 Å². The van der Waals surface area contributed by atoms with Crippen LogP contribution in [0.25, 0.3) is 0 Å². The second-order valence-corrected chi connectivity index (χ2v) is 2.34. The molecule has 0 atom stereocenters. The fourth-order valence-corrected chi connectivity index (χ4v) is 0.914. The van der Waals surface area contributed by atoms with Crippen molar-refractivity contribution in [3.8, 4) is 0 Å². The van der Waals surface area contributed by atoms with Crippen molar-refractivity contribution in [2.75, 3.05) is 20.7 Å². The lowest BCUT2D eigenvalue weighted by Gasteiger charge is -1.97. The van der Waals surface area contributed by atoms with Gasteiger partial charge in [-0.2, -0.15) is 0 Å². The zero-order valence-corrected chi connectivity index (χ0v) is 9.75. The Labute approximate surface area is 88.0 Å². The Hall–Kier alpha value is -0.860. The molecular weight excluding hydrogens is 174 g/mol. The summed E-state index contributed by atoms with van der Waals surface area (Å²) in [5.41, 5.74) is 1.40. The van der Waals surface area contributed by atoms with Gasteiger partial charge in [-0.1, -0.05) is 44.2 Å². The molecule has 82 valence electrons. The molecule has 0 saturated heterocycles. The molecule has 0 aliphatic heterocycles. The Morgan fingerprint density at radius 3 is 2.00 bits per heavy atom. The van der Waals surface area contributed by atoms with Crippen molar-refractivity contribution >= 4 is 0 Å². The molecule has 0 amide bonds. The molecule has 0 spiro atoms. The first kappa shape index (κ1) is 15.6. The summed E-state index contributed by atoms with van der Waals surface area (Å²) in [6, 6.07) is 10.5. The number of nitrogens with one attached hydrogen (secondary N) is 1. The highest BCUT2D eigenvalue weighted by atomic mass is 16.2. The summed E-state index contributed by atoms with van der Waals surface area (Å²) < 4.78 is 0. The molecule has 1 aromatic rings. The number of aliphatic hydroxyl groups excluding tert-OH is 1. The van der Waals surface area contributed by atoms with Gasteiger partial charge < -0.3 is 10.4 Å². The average Bonchev–Trinajstić information content (AvgIpc) is 2.33. The van der Waals surface area contributed by atoms with Crippen LogP contribution < -0.4 is 5.32 Å². The Bertz CT molecular complexity index is 175. The van der Waals surface area contributed by atoms with Crippen molar-refractivity contribution in [2.24, 2.45) is 0 Å². The van der Waals surface area contributed by atoms with Gasteiger partial charge in [0, 0.05) is 7.11 Å². The largest absolute Gasteiger partial charge is 0.400 e. The van der Waals surface area contributed by atoms with E-state index in [0.29, 0.717) is 0 Å². The van der Waals surface area contributed by atoms with E-state index < -0.39 is 0 Å². The maximum absolute atomic E-state index is 7.00. The molecule has 0 aliphatic rings. The van der Waals surface area contributed by atoms with Crippen LogP contribution in [0, 0.1) is 0 Å². The van der Waals surface area contributed by atoms with Crippen LogP contribution in [0.2, 0.25) is 0 Å². The maximum Gasteiger partial charge on any atom is 0.0319 e. The highest BCUT2D eigenvalue weighted by Crippen LogP contribution is 1.97. The molecule has 2 N–H and O–H groups in total. The predicted molar refractivity (Wildman–Crippen MR) is 63.6 cm³/mol. The Balaban J connectivity index is 0. The Kier molecular flexibility index (Phi) is 16.3. The lowest BCUT2D eigenvalue weighted by atomic mass is 10.2. The van der Waals surface area contributed by atoms with Gasteiger partial charge in [0.15, 0.2) is 0 Å². The van der Waals surface area contributed by atoms with Crippen LogP contribution in [0.15, 0.2) is 30.3 Å². The molecule has 0 unspecified atom stereocenters. The fraction of sp³-hybridized carbons (Fsp3) is 0.500. The highest BCUT2D eigenvalue weighted by molar-refractivity contribution is 5.14. The third-order valence-electron chi connectivity index (χ3n) is 1.51. The molecule has 0 aromatic heterocycles. The average molecular weight is 197 g/mol. The third kappa shape index (κ3) is 9.23. The van der Waals surface area contributed by atoms with Gasteiger partial charge in [-0.05, 0) is 25.6 Å². The van der Waals surface area contributed by atoms with E-state index in [4.69, 9.17) is 5.11 Å². The topological polar surface area (TPSA) is 32.3 Å². The second-order valence-electron chi connectivity index (χ2n) is 2.34. The summed E-state index contributed by atoms with van der Waals surface area (Å²) in [5, 5.41) is 10.1. The Morgan fingerprint density at radius 1 is 1.07 bits per heavy atom. The summed E-state index contributed by atoms with van der Waals surface area (Å²) in [5.74, 6) is 0. The summed E-state index contributed by atoms with van der Waals surface area (Å²) in [6.07, 6.45) is 1.12. The second kappa shape index (κ2) is 14.7. The molecule has 2 nitrogen and oxygen atoms in total. The quantitative estimate of drug-likeness (QED) is 0.777. The standard InChI is InChI=1S/C9H13N.C2H6.CH4O/c1-10-8-7-9-5-3-2-4-6-9;2*1-2/h2-6,10H,7-8H2,1H3;1-2H3;2H,1H3. The van der Waals surface area contributed by atoms with E-state index in [-0.39, 0.29) is 0 Å². The first-order chi connectivity index (χ1) is 6.93. The van der Waals surface area contributed by atoms with Crippen LogP contribution in [0.5, 0.6) is 0 Å². The number of hydrogen-bond acceptors (Lipinski definition) is 2. The van der Waals surface area contributed by atoms with E-state index in [1.807, 2.05) is 27.0 Å². The molecular formula is C12H23NO. The van der Waals surface area contributed by atoms with Gasteiger partial charge >= 0.3 is 0 Å². The minimum atomic E-state index is 1.00. The molecule has 0 fully saturated rings. The highest BCUT2D eigenvalue weighted by Gasteiger charge is 1.86. The fourth-order valence-electron chi connectivity index (χ4n) is 0.914. The molecule has 14 heavy (non-hydrogen) atoms. The van der Waals surface area contributed by atoms with Crippen molar-refractivity contribution in [2.45, 2.75) is 20.3 Å². The van der Waals surface area contributed by atoms with Crippen molar-refractivity contribution in [3.05, 3.63) is 35.9 Å². The first-order valence-electron chi connectivity index (χ1n) is 5.07. The van der Waals surface area contributed by atoms with Gasteiger partial charge in [-0.25, -0.2) is 0 Å². The number of aliphatic hydroxyl groups is 1. The van der Waals surface area contributed by atoms with Crippen LogP contribution in [-0.2, 0) is 6.42 Å². The minimum Gasteiger partial charge on any atom is -0.400 e. The summed E-state index contributed by atoms with van der Waals surface area (Å²) >= 11 is 0. The van der Waals surface area contributed by atoms with Crippen LogP contribution in [0.4, 0.5) is 0 Å². The SMILES string of the molecule is CC.CNCCc1ccccc1.CO. The van der Waals surface area contributed by atoms with Crippen LogP contribution in [0.1, 0.15) is 19.4 Å². The monoisotopic (exact) mass is 197 g/mol. The lowest BCUT2D eigenvalue weighted by Crippen LogP contribution is -2.09. The van der Waals surface area contributed by atoms with Crippen molar-refractivity contribution in [3.63, 3.8) is 0 Å². The zero-order valence-electron chi connectivity index (χ0n) is 9.75. The first-order valence-corrected chi connectivity index (χ1v) is 5.07. The number of benzene rings is 1. The van der Waals surface area contributed by atoms with Crippen molar-refractivity contribution < 1.29 is 5.11 Å². The number of hydrogen-bond donors (Lipinski definition) is 2. The lowest BCUT2D eigenvalue weighted by molar-refractivity contribution is 0.399. The molecule has 0 saturated carbocycles. The van der Waals surface area contributed by atoms with Crippen LogP contribution in [-0.4, -0.2) is 25.8 Å². The normalized spacial score (nSPS) is 7.79.